The second-order valence-corrected chi connectivity index (χ2v) is 6.89. The molecular weight excluding hydrogens is 320 g/mol. The van der Waals surface area contributed by atoms with Crippen molar-refractivity contribution in [2.45, 2.75) is 38.4 Å². The van der Waals surface area contributed by atoms with Crippen LogP contribution in [0.15, 0.2) is 10.9 Å². The molecule has 1 aliphatic carbocycles. The van der Waals surface area contributed by atoms with Gasteiger partial charge in [-0.1, -0.05) is 0 Å². The van der Waals surface area contributed by atoms with Gasteiger partial charge in [-0.05, 0) is 30.9 Å². The van der Waals surface area contributed by atoms with Gasteiger partial charge in [0.25, 0.3) is 5.91 Å². The van der Waals surface area contributed by atoms with Gasteiger partial charge in [0.1, 0.15) is 6.04 Å². The summed E-state index contributed by atoms with van der Waals surface area (Å²) in [6.07, 6.45) is 3.06. The van der Waals surface area contributed by atoms with Crippen molar-refractivity contribution in [1.29, 1.82) is 0 Å². The molecule has 23 heavy (non-hydrogen) atoms. The molecular formula is C14H14N4O4S. The third-order valence-electron chi connectivity index (χ3n) is 4.38. The largest absolute Gasteiger partial charge is 0.480 e. The van der Waals surface area contributed by atoms with E-state index in [2.05, 4.69) is 10.2 Å². The number of aromatic amines is 1. The van der Waals surface area contributed by atoms with Gasteiger partial charge in [-0.15, -0.1) is 11.3 Å². The molecule has 2 aromatic heterocycles. The third kappa shape index (κ3) is 2.19. The number of amides is 1. The number of carbonyl (C=O) groups excluding carboxylic acids is 1. The second-order valence-electron chi connectivity index (χ2n) is 5.76. The fraction of sp³-hybridized carbons (Fsp3) is 0.429. The van der Waals surface area contributed by atoms with Gasteiger partial charge in [0, 0.05) is 4.88 Å². The number of thiophene rings is 1. The van der Waals surface area contributed by atoms with Gasteiger partial charge in [-0.25, -0.2) is 14.7 Å². The lowest BCUT2D eigenvalue weighted by Crippen LogP contribution is -2.51. The first-order valence-corrected chi connectivity index (χ1v) is 8.15. The molecule has 1 unspecified atom stereocenters. The summed E-state index contributed by atoms with van der Waals surface area (Å²) in [7, 11) is 0. The van der Waals surface area contributed by atoms with Gasteiger partial charge in [0.15, 0.2) is 5.82 Å². The number of aromatic nitrogens is 3. The molecule has 0 aromatic carbocycles. The Morgan fingerprint density at radius 2 is 2.22 bits per heavy atom. The molecule has 1 aliphatic heterocycles. The van der Waals surface area contributed by atoms with Crippen molar-refractivity contribution in [2.24, 2.45) is 0 Å². The molecule has 0 radical (unpaired) electrons. The van der Waals surface area contributed by atoms with Crippen LogP contribution in [-0.2, 0) is 30.7 Å². The summed E-state index contributed by atoms with van der Waals surface area (Å²) in [5, 5.41) is 15.6. The summed E-state index contributed by atoms with van der Waals surface area (Å²) >= 11 is 1.44. The SMILES string of the molecule is O=C(O)C1Cn2c(n[nH]c2=O)CN1C(=O)c1cc2c(s1)CCC2. The van der Waals surface area contributed by atoms with Gasteiger partial charge in [0.05, 0.1) is 18.0 Å². The van der Waals surface area contributed by atoms with E-state index in [0.717, 1.165) is 19.3 Å². The zero-order valence-electron chi connectivity index (χ0n) is 12.1. The lowest BCUT2D eigenvalue weighted by molar-refractivity contribution is -0.143. The van der Waals surface area contributed by atoms with Gasteiger partial charge in [-0.3, -0.25) is 9.36 Å². The van der Waals surface area contributed by atoms with Crippen LogP contribution in [0.5, 0.6) is 0 Å². The number of nitrogens with zero attached hydrogens (tertiary/aromatic N) is 3. The van der Waals surface area contributed by atoms with Crippen LogP contribution < -0.4 is 5.69 Å². The maximum atomic E-state index is 12.8. The molecule has 4 rings (SSSR count). The van der Waals surface area contributed by atoms with Crippen LogP contribution in [-0.4, -0.2) is 42.7 Å². The Hall–Kier alpha value is -2.42. The number of carboxylic acids is 1. The Labute approximate surface area is 134 Å². The van der Waals surface area contributed by atoms with Crippen LogP contribution in [0.25, 0.3) is 0 Å². The second kappa shape index (κ2) is 5.05. The van der Waals surface area contributed by atoms with E-state index >= 15 is 0 Å². The maximum absolute atomic E-state index is 12.8. The van der Waals surface area contributed by atoms with Gasteiger partial charge >= 0.3 is 11.7 Å². The topological polar surface area (TPSA) is 108 Å². The number of aliphatic carboxylic acids is 1. The summed E-state index contributed by atoms with van der Waals surface area (Å²) in [6, 6.07) is 0.808. The number of carbonyl (C=O) groups is 2. The molecule has 2 aromatic rings. The molecule has 1 amide bonds. The molecule has 9 heteroatoms. The molecule has 2 N–H and O–H groups in total. The number of hydrogen-bond donors (Lipinski definition) is 2. The van der Waals surface area contributed by atoms with Crippen LogP contribution >= 0.6 is 11.3 Å². The predicted molar refractivity (Wildman–Crippen MR) is 80.5 cm³/mol. The molecule has 0 spiro atoms. The Balaban J connectivity index is 1.69. The summed E-state index contributed by atoms with van der Waals surface area (Å²) < 4.78 is 1.27. The van der Waals surface area contributed by atoms with Crippen LogP contribution in [0.4, 0.5) is 0 Å². The minimum absolute atomic E-state index is 0.0110. The number of H-pyrrole nitrogens is 1. The van der Waals surface area contributed by atoms with E-state index in [4.69, 9.17) is 0 Å². The highest BCUT2D eigenvalue weighted by Crippen LogP contribution is 2.32. The number of fused-ring (bicyclic) bond motifs is 2. The van der Waals surface area contributed by atoms with Crippen molar-refractivity contribution in [3.63, 3.8) is 0 Å². The standard InChI is InChI=1S/C14H14N4O4S/c19-12(10-4-7-2-1-3-9(7)23-10)17-6-11-15-16-14(22)18(11)5-8(17)13(20)21/h4,8H,1-3,5-6H2,(H,16,22)(H,20,21). The average molecular weight is 334 g/mol. The molecule has 3 heterocycles. The van der Waals surface area contributed by atoms with Crippen molar-refractivity contribution in [3.05, 3.63) is 37.7 Å². The van der Waals surface area contributed by atoms with Gasteiger partial charge in [-0.2, -0.15) is 5.10 Å². The highest BCUT2D eigenvalue weighted by atomic mass is 32.1. The highest BCUT2D eigenvalue weighted by Gasteiger charge is 2.37. The van der Waals surface area contributed by atoms with E-state index < -0.39 is 17.7 Å². The number of aryl methyl sites for hydroxylation is 2. The molecule has 0 saturated heterocycles. The molecule has 1 atom stereocenters. The van der Waals surface area contributed by atoms with E-state index in [1.807, 2.05) is 6.07 Å². The Morgan fingerprint density at radius 1 is 1.39 bits per heavy atom. The molecule has 8 nitrogen and oxygen atoms in total. The smallest absolute Gasteiger partial charge is 0.343 e. The minimum atomic E-state index is -1.12. The lowest BCUT2D eigenvalue weighted by Gasteiger charge is -2.32. The Bertz CT molecular complexity index is 843. The first-order chi connectivity index (χ1) is 11.0. The van der Waals surface area contributed by atoms with Crippen molar-refractivity contribution in [1.82, 2.24) is 19.7 Å². The zero-order chi connectivity index (χ0) is 16.1. The predicted octanol–water partition coefficient (Wildman–Crippen LogP) is 0.231. The van der Waals surface area contributed by atoms with E-state index in [-0.39, 0.29) is 19.0 Å². The lowest BCUT2D eigenvalue weighted by atomic mass is 10.1. The van der Waals surface area contributed by atoms with Crippen molar-refractivity contribution >= 4 is 23.2 Å². The van der Waals surface area contributed by atoms with E-state index in [9.17, 15) is 19.5 Å². The van der Waals surface area contributed by atoms with Crippen molar-refractivity contribution < 1.29 is 14.7 Å². The first-order valence-electron chi connectivity index (χ1n) is 7.34. The van der Waals surface area contributed by atoms with Gasteiger partial charge in [0.2, 0.25) is 0 Å². The molecule has 0 saturated carbocycles. The average Bonchev–Trinajstić information content (AvgIpc) is 3.20. The molecule has 0 bridgehead atoms. The monoisotopic (exact) mass is 334 g/mol. The summed E-state index contributed by atoms with van der Waals surface area (Å²) in [5.74, 6) is -1.05. The van der Waals surface area contributed by atoms with E-state index in [1.54, 1.807) is 0 Å². The number of rotatable bonds is 2. The third-order valence-corrected chi connectivity index (χ3v) is 5.61. The molecule has 0 fully saturated rings. The Morgan fingerprint density at radius 3 is 2.96 bits per heavy atom. The van der Waals surface area contributed by atoms with Crippen LogP contribution in [0.1, 0.15) is 32.4 Å². The zero-order valence-corrected chi connectivity index (χ0v) is 12.9. The van der Waals surface area contributed by atoms with Gasteiger partial charge < -0.3 is 10.0 Å². The minimum Gasteiger partial charge on any atom is -0.480 e. The summed E-state index contributed by atoms with van der Waals surface area (Å²) in [6.45, 7) is -0.0755. The van der Waals surface area contributed by atoms with E-state index in [0.29, 0.717) is 10.7 Å². The molecule has 2 aliphatic rings. The first kappa shape index (κ1) is 14.2. The van der Waals surface area contributed by atoms with Crippen LogP contribution in [0.2, 0.25) is 0 Å². The number of carboxylic acid groups (broad SMARTS) is 1. The maximum Gasteiger partial charge on any atom is 0.343 e. The number of hydrogen-bond acceptors (Lipinski definition) is 5. The summed E-state index contributed by atoms with van der Waals surface area (Å²) in [4.78, 5) is 39.0. The van der Waals surface area contributed by atoms with Crippen LogP contribution in [0, 0.1) is 0 Å². The normalized spacial score (nSPS) is 19.5. The van der Waals surface area contributed by atoms with E-state index in [1.165, 1.54) is 31.2 Å². The van der Waals surface area contributed by atoms with Crippen molar-refractivity contribution in [3.8, 4) is 0 Å². The highest BCUT2D eigenvalue weighted by molar-refractivity contribution is 7.14. The van der Waals surface area contributed by atoms with Crippen LogP contribution in [0.3, 0.4) is 0 Å². The fourth-order valence-corrected chi connectivity index (χ4v) is 4.40. The Kier molecular flexibility index (Phi) is 3.12. The quantitative estimate of drug-likeness (QED) is 0.817. The molecule has 120 valence electrons. The van der Waals surface area contributed by atoms with Crippen molar-refractivity contribution in [2.75, 3.05) is 0 Å². The number of nitrogens with one attached hydrogen (secondary N) is 1. The summed E-state index contributed by atoms with van der Waals surface area (Å²) in [5.41, 5.74) is 0.743. The fourth-order valence-electron chi connectivity index (χ4n) is 3.19.